The van der Waals surface area contributed by atoms with Crippen LogP contribution in [-0.4, -0.2) is 27.6 Å². The summed E-state index contributed by atoms with van der Waals surface area (Å²) in [5.74, 6) is -0.468. The van der Waals surface area contributed by atoms with Crippen LogP contribution in [0.5, 0.6) is 0 Å². The molecule has 0 unspecified atom stereocenters. The third-order valence-electron chi connectivity index (χ3n) is 3.19. The van der Waals surface area contributed by atoms with Gasteiger partial charge >= 0.3 is 0 Å². The molecule has 0 fully saturated rings. The lowest BCUT2D eigenvalue weighted by molar-refractivity contribution is -0.384. The number of thiophene rings is 1. The fraction of sp³-hybridized carbons (Fsp3) is 0.133. The van der Waals surface area contributed by atoms with Crippen molar-refractivity contribution in [2.24, 2.45) is 0 Å². The fourth-order valence-corrected chi connectivity index (χ4v) is 3.40. The predicted octanol–water partition coefficient (Wildman–Crippen LogP) is 3.41. The fourth-order valence-electron chi connectivity index (χ4n) is 2.02. The quantitative estimate of drug-likeness (QED) is 0.484. The largest absolute Gasteiger partial charge is 0.360 e. The molecule has 1 amide bonds. The van der Waals surface area contributed by atoms with Crippen LogP contribution in [0, 0.1) is 10.1 Å². The van der Waals surface area contributed by atoms with E-state index in [0.29, 0.717) is 16.8 Å². The Balaban J connectivity index is 1.56. The molecule has 8 nitrogen and oxygen atoms in total. The van der Waals surface area contributed by atoms with Gasteiger partial charge in [0.05, 0.1) is 4.92 Å². The van der Waals surface area contributed by atoms with E-state index in [1.165, 1.54) is 40.5 Å². The topological polar surface area (TPSA) is 110 Å². The molecule has 0 aliphatic rings. The number of nitro groups is 1. The Morgan fingerprint density at radius 2 is 2.04 bits per heavy atom. The zero-order valence-corrected chi connectivity index (χ0v) is 14.5. The molecule has 0 saturated carbocycles. The van der Waals surface area contributed by atoms with E-state index in [4.69, 9.17) is 0 Å². The van der Waals surface area contributed by atoms with Gasteiger partial charge in [-0.05, 0) is 23.9 Å². The second kappa shape index (κ2) is 7.81. The van der Waals surface area contributed by atoms with Crippen molar-refractivity contribution in [1.29, 1.82) is 0 Å². The molecular formula is C15H13N5O3S2. The summed E-state index contributed by atoms with van der Waals surface area (Å²) in [5, 5.41) is 27.3. The van der Waals surface area contributed by atoms with Gasteiger partial charge in [0.15, 0.2) is 0 Å². The van der Waals surface area contributed by atoms with Crippen molar-refractivity contribution < 1.29 is 9.72 Å². The Morgan fingerprint density at radius 3 is 2.80 bits per heavy atom. The molecule has 0 saturated heterocycles. The van der Waals surface area contributed by atoms with Crippen molar-refractivity contribution in [3.8, 4) is 0 Å². The number of nitro benzene ring substituents is 1. The van der Waals surface area contributed by atoms with Crippen molar-refractivity contribution >= 4 is 44.5 Å². The highest BCUT2D eigenvalue weighted by atomic mass is 32.1. The van der Waals surface area contributed by atoms with Crippen LogP contribution in [0.25, 0.3) is 0 Å². The average molecular weight is 375 g/mol. The lowest BCUT2D eigenvalue weighted by atomic mass is 10.2. The lowest BCUT2D eigenvalue weighted by Crippen LogP contribution is -2.11. The van der Waals surface area contributed by atoms with Crippen LogP contribution in [-0.2, 0) is 6.42 Å². The van der Waals surface area contributed by atoms with Crippen molar-refractivity contribution in [2.45, 2.75) is 6.42 Å². The van der Waals surface area contributed by atoms with Gasteiger partial charge in [-0.2, -0.15) is 0 Å². The first-order chi connectivity index (χ1) is 12.1. The molecule has 2 heterocycles. The molecule has 2 N–H and O–H groups in total. The molecule has 25 heavy (non-hydrogen) atoms. The molecule has 0 aliphatic heterocycles. The molecule has 3 aromatic rings. The number of nitrogens with one attached hydrogen (secondary N) is 2. The van der Waals surface area contributed by atoms with Crippen LogP contribution >= 0.6 is 22.7 Å². The standard InChI is InChI=1S/C15H13N5O3S2/c21-13(10-3-1-4-11(9-10)20(22)23)17-15-19-18-14(25-15)16-7-6-12-5-2-8-24-12/h1-5,8-9H,6-7H2,(H,16,18)(H,17,19,21). The monoisotopic (exact) mass is 375 g/mol. The summed E-state index contributed by atoms with van der Waals surface area (Å²) in [6, 6.07) is 9.59. The van der Waals surface area contributed by atoms with E-state index in [1.807, 2.05) is 11.4 Å². The predicted molar refractivity (Wildman–Crippen MR) is 97.5 cm³/mol. The summed E-state index contributed by atoms with van der Waals surface area (Å²) in [5.41, 5.74) is 0.0532. The van der Waals surface area contributed by atoms with E-state index in [9.17, 15) is 14.9 Å². The summed E-state index contributed by atoms with van der Waals surface area (Å²) in [6.07, 6.45) is 0.882. The number of carbonyl (C=O) groups excluding carboxylic acids is 1. The number of benzene rings is 1. The zero-order chi connectivity index (χ0) is 17.6. The van der Waals surface area contributed by atoms with Gasteiger partial charge in [-0.25, -0.2) is 0 Å². The number of non-ortho nitro benzene ring substituents is 1. The summed E-state index contributed by atoms with van der Waals surface area (Å²) >= 11 is 2.90. The van der Waals surface area contributed by atoms with Crippen molar-refractivity contribution in [1.82, 2.24) is 10.2 Å². The highest BCUT2D eigenvalue weighted by molar-refractivity contribution is 7.19. The van der Waals surface area contributed by atoms with Gasteiger partial charge in [0, 0.05) is 29.1 Å². The number of aromatic nitrogens is 2. The molecule has 0 radical (unpaired) electrons. The lowest BCUT2D eigenvalue weighted by Gasteiger charge is -2.01. The minimum absolute atomic E-state index is 0.138. The molecule has 0 spiro atoms. The van der Waals surface area contributed by atoms with Crippen LogP contribution in [0.2, 0.25) is 0 Å². The number of amides is 1. The van der Waals surface area contributed by atoms with Crippen molar-refractivity contribution in [2.75, 3.05) is 17.2 Å². The highest BCUT2D eigenvalue weighted by Gasteiger charge is 2.13. The van der Waals surface area contributed by atoms with E-state index < -0.39 is 10.8 Å². The first-order valence-electron chi connectivity index (χ1n) is 7.27. The molecule has 1 aromatic carbocycles. The van der Waals surface area contributed by atoms with Crippen LogP contribution in [0.3, 0.4) is 0 Å². The number of nitrogens with zero attached hydrogens (tertiary/aromatic N) is 3. The second-order valence-electron chi connectivity index (χ2n) is 4.93. The van der Waals surface area contributed by atoms with Gasteiger partial charge < -0.3 is 5.32 Å². The Labute approximate surface area is 150 Å². The molecule has 10 heteroatoms. The van der Waals surface area contributed by atoms with Gasteiger partial charge in [-0.15, -0.1) is 21.5 Å². The molecule has 3 rings (SSSR count). The summed E-state index contributed by atoms with van der Waals surface area (Å²) in [7, 11) is 0. The third-order valence-corrected chi connectivity index (χ3v) is 4.92. The van der Waals surface area contributed by atoms with Crippen LogP contribution in [0.4, 0.5) is 16.0 Å². The average Bonchev–Trinajstić information content (AvgIpc) is 3.27. The van der Waals surface area contributed by atoms with E-state index in [1.54, 1.807) is 11.3 Å². The molecule has 128 valence electrons. The van der Waals surface area contributed by atoms with Gasteiger partial charge in [0.25, 0.3) is 11.6 Å². The van der Waals surface area contributed by atoms with Gasteiger partial charge in [0.2, 0.25) is 10.3 Å². The Morgan fingerprint density at radius 1 is 1.20 bits per heavy atom. The van der Waals surface area contributed by atoms with Crippen molar-refractivity contribution in [3.63, 3.8) is 0 Å². The van der Waals surface area contributed by atoms with Crippen molar-refractivity contribution in [3.05, 3.63) is 62.3 Å². The molecule has 0 bridgehead atoms. The second-order valence-corrected chi connectivity index (χ2v) is 6.94. The zero-order valence-electron chi connectivity index (χ0n) is 12.8. The molecule has 0 atom stereocenters. The molecule has 2 aromatic heterocycles. The molecule has 0 aliphatic carbocycles. The van der Waals surface area contributed by atoms with E-state index >= 15 is 0 Å². The Hall–Kier alpha value is -2.85. The maximum atomic E-state index is 12.2. The molecular weight excluding hydrogens is 362 g/mol. The number of carbonyl (C=O) groups is 1. The number of hydrogen-bond donors (Lipinski definition) is 2. The maximum Gasteiger partial charge on any atom is 0.270 e. The SMILES string of the molecule is O=C(Nc1nnc(NCCc2cccs2)s1)c1cccc([N+](=O)[O-])c1. The first kappa shape index (κ1) is 17.0. The van der Waals surface area contributed by atoms with Crippen LogP contribution in [0.15, 0.2) is 41.8 Å². The summed E-state index contributed by atoms with van der Waals surface area (Å²) in [4.78, 5) is 23.7. The minimum Gasteiger partial charge on any atom is -0.360 e. The third kappa shape index (κ3) is 4.58. The maximum absolute atomic E-state index is 12.2. The minimum atomic E-state index is -0.544. The van der Waals surface area contributed by atoms with Crippen LogP contribution in [0.1, 0.15) is 15.2 Å². The summed E-state index contributed by atoms with van der Waals surface area (Å²) < 4.78 is 0. The van der Waals surface area contributed by atoms with E-state index in [-0.39, 0.29) is 11.3 Å². The normalized spacial score (nSPS) is 10.4. The number of anilines is 2. The van der Waals surface area contributed by atoms with Crippen LogP contribution < -0.4 is 10.6 Å². The van der Waals surface area contributed by atoms with E-state index in [2.05, 4.69) is 26.9 Å². The Bertz CT molecular complexity index is 879. The van der Waals surface area contributed by atoms with Gasteiger partial charge in [0.1, 0.15) is 0 Å². The number of rotatable bonds is 7. The van der Waals surface area contributed by atoms with Gasteiger partial charge in [-0.1, -0.05) is 23.5 Å². The highest BCUT2D eigenvalue weighted by Crippen LogP contribution is 2.21. The first-order valence-corrected chi connectivity index (χ1v) is 8.97. The Kier molecular flexibility index (Phi) is 5.31. The van der Waals surface area contributed by atoms with E-state index in [0.717, 1.165) is 6.42 Å². The number of hydrogen-bond acceptors (Lipinski definition) is 8. The van der Waals surface area contributed by atoms with Gasteiger partial charge in [-0.3, -0.25) is 20.2 Å². The summed E-state index contributed by atoms with van der Waals surface area (Å²) in [6.45, 7) is 0.716. The smallest absolute Gasteiger partial charge is 0.270 e.